The third-order valence-electron chi connectivity index (χ3n) is 4.73. The summed E-state index contributed by atoms with van der Waals surface area (Å²) in [6.45, 7) is 0.812. The molecule has 4 heteroatoms. The number of carbonyl (C=O) groups is 1. The van der Waals surface area contributed by atoms with Gasteiger partial charge in [-0.25, -0.2) is 0 Å². The van der Waals surface area contributed by atoms with Crippen molar-refractivity contribution in [2.75, 3.05) is 6.61 Å². The Labute approximate surface area is 135 Å². The van der Waals surface area contributed by atoms with E-state index >= 15 is 0 Å². The number of pyridine rings is 1. The summed E-state index contributed by atoms with van der Waals surface area (Å²) in [5.41, 5.74) is 6.09. The fourth-order valence-electron chi connectivity index (χ4n) is 3.53. The lowest BCUT2D eigenvalue weighted by atomic mass is 9.87. The van der Waals surface area contributed by atoms with Crippen LogP contribution in [0.3, 0.4) is 0 Å². The Morgan fingerprint density at radius 3 is 2.96 bits per heavy atom. The van der Waals surface area contributed by atoms with E-state index in [0.29, 0.717) is 26.1 Å². The molecule has 1 aliphatic carbocycles. The van der Waals surface area contributed by atoms with Crippen molar-refractivity contribution in [2.24, 2.45) is 0 Å². The molecule has 0 bridgehead atoms. The molecule has 0 amide bonds. The van der Waals surface area contributed by atoms with Gasteiger partial charge in [-0.2, -0.15) is 0 Å². The molecule has 2 aliphatic rings. The van der Waals surface area contributed by atoms with Crippen molar-refractivity contribution < 1.29 is 14.6 Å². The van der Waals surface area contributed by atoms with Crippen LogP contribution in [-0.2, 0) is 24.2 Å². The number of nitrogens with zero attached hydrogens (tertiary/aromatic N) is 1. The Balaban J connectivity index is 1.81. The van der Waals surface area contributed by atoms with Crippen molar-refractivity contribution in [3.63, 3.8) is 0 Å². The summed E-state index contributed by atoms with van der Waals surface area (Å²) < 4.78 is 5.58. The molecule has 0 saturated carbocycles. The Morgan fingerprint density at radius 2 is 2.04 bits per heavy atom. The number of Topliss-reactive ketones (excluding diaryl/α,β-unsaturated/α-hetero) is 1. The first-order valence-electron chi connectivity index (χ1n) is 8.10. The molecule has 0 saturated heterocycles. The van der Waals surface area contributed by atoms with Crippen LogP contribution in [0.1, 0.15) is 39.9 Å². The maximum Gasteiger partial charge on any atom is 0.163 e. The second kappa shape index (κ2) is 5.87. The molecule has 0 radical (unpaired) electrons. The number of ether oxygens (including phenoxy) is 1. The summed E-state index contributed by atoms with van der Waals surface area (Å²) in [6.07, 6.45) is 6.26. The highest BCUT2D eigenvalue weighted by Gasteiger charge is 2.21. The van der Waals surface area contributed by atoms with E-state index in [1.165, 1.54) is 0 Å². The lowest BCUT2D eigenvalue weighted by Gasteiger charge is -2.17. The van der Waals surface area contributed by atoms with Crippen LogP contribution in [-0.4, -0.2) is 28.6 Å². The average Bonchev–Trinajstić information content (AvgIpc) is 2.75. The normalized spacial score (nSPS) is 20.6. The number of aryl methyl sites for hydroxylation is 1. The predicted octanol–water partition coefficient (Wildman–Crippen LogP) is 2.70. The molecule has 1 aliphatic heterocycles. The fourth-order valence-corrected chi connectivity index (χ4v) is 3.53. The van der Waals surface area contributed by atoms with E-state index in [0.717, 1.165) is 46.2 Å². The summed E-state index contributed by atoms with van der Waals surface area (Å²) in [5.74, 6) is 0.231. The number of rotatable bonds is 1. The van der Waals surface area contributed by atoms with Crippen molar-refractivity contribution in [3.05, 3.63) is 52.8 Å². The number of aromatic nitrogens is 1. The van der Waals surface area contributed by atoms with Gasteiger partial charge < -0.3 is 9.84 Å². The van der Waals surface area contributed by atoms with E-state index in [9.17, 15) is 9.90 Å². The molecule has 1 aromatic heterocycles. The largest absolute Gasteiger partial charge is 0.390 e. The molecule has 0 spiro atoms. The molecular weight excluding hydrogens is 290 g/mol. The quantitative estimate of drug-likeness (QED) is 0.880. The first kappa shape index (κ1) is 14.5. The number of hydrogen-bond donors (Lipinski definition) is 1. The Kier molecular flexibility index (Phi) is 3.71. The number of carbonyl (C=O) groups excluding carboxylic acids is 1. The van der Waals surface area contributed by atoms with Crippen molar-refractivity contribution in [1.82, 2.24) is 4.98 Å². The van der Waals surface area contributed by atoms with Gasteiger partial charge in [-0.1, -0.05) is 12.1 Å². The van der Waals surface area contributed by atoms with E-state index in [1.54, 1.807) is 6.20 Å². The smallest absolute Gasteiger partial charge is 0.163 e. The lowest BCUT2D eigenvalue weighted by Crippen LogP contribution is -2.14. The molecule has 1 aromatic carbocycles. The van der Waals surface area contributed by atoms with Crippen molar-refractivity contribution in [3.8, 4) is 11.1 Å². The first-order valence-corrected chi connectivity index (χ1v) is 8.10. The second-order valence-electron chi connectivity index (χ2n) is 6.35. The van der Waals surface area contributed by atoms with E-state index in [4.69, 9.17) is 4.74 Å². The molecule has 2 aromatic rings. The molecule has 4 rings (SSSR count). The van der Waals surface area contributed by atoms with Crippen LogP contribution in [0.5, 0.6) is 0 Å². The Hall–Kier alpha value is -2.04. The van der Waals surface area contributed by atoms with Crippen LogP contribution in [0.2, 0.25) is 0 Å². The Morgan fingerprint density at radius 1 is 1.13 bits per heavy atom. The van der Waals surface area contributed by atoms with E-state index in [1.807, 2.05) is 12.3 Å². The predicted molar refractivity (Wildman–Crippen MR) is 86.3 cm³/mol. The zero-order chi connectivity index (χ0) is 15.8. The first-order chi connectivity index (χ1) is 11.2. The zero-order valence-corrected chi connectivity index (χ0v) is 12.9. The van der Waals surface area contributed by atoms with Crippen LogP contribution in [0, 0.1) is 0 Å². The summed E-state index contributed by atoms with van der Waals surface area (Å²) in [6, 6.07) is 6.12. The highest BCUT2D eigenvalue weighted by molar-refractivity contribution is 5.99. The van der Waals surface area contributed by atoms with Gasteiger partial charge in [-0.05, 0) is 41.2 Å². The van der Waals surface area contributed by atoms with E-state index < -0.39 is 6.10 Å². The minimum Gasteiger partial charge on any atom is -0.390 e. The molecule has 0 fully saturated rings. The minimum atomic E-state index is -0.488. The number of aliphatic hydroxyl groups is 1. The van der Waals surface area contributed by atoms with Gasteiger partial charge in [0, 0.05) is 36.4 Å². The lowest BCUT2D eigenvalue weighted by molar-refractivity contribution is 0.0371. The standard InChI is InChI=1S/C19H19NO3/c21-15-6-14-8-20-9-17(18(14)11-23-10-15)13-5-4-12-2-1-3-19(22)16(12)7-13/h4-5,7-9,15,21H,1-3,6,10-11H2. The second-order valence-corrected chi connectivity index (χ2v) is 6.35. The van der Waals surface area contributed by atoms with Crippen molar-refractivity contribution in [1.29, 1.82) is 0 Å². The highest BCUT2D eigenvalue weighted by atomic mass is 16.5. The molecular formula is C19H19NO3. The average molecular weight is 309 g/mol. The number of fused-ring (bicyclic) bond motifs is 2. The minimum absolute atomic E-state index is 0.231. The van der Waals surface area contributed by atoms with Crippen LogP contribution in [0.15, 0.2) is 30.6 Å². The molecule has 118 valence electrons. The maximum absolute atomic E-state index is 12.2. The van der Waals surface area contributed by atoms with E-state index in [-0.39, 0.29) is 5.78 Å². The van der Waals surface area contributed by atoms with Crippen LogP contribution in [0.4, 0.5) is 0 Å². The monoisotopic (exact) mass is 309 g/mol. The van der Waals surface area contributed by atoms with Crippen molar-refractivity contribution in [2.45, 2.75) is 38.4 Å². The van der Waals surface area contributed by atoms with Gasteiger partial charge in [0.1, 0.15) is 0 Å². The number of aliphatic hydroxyl groups excluding tert-OH is 1. The molecule has 2 heterocycles. The fraction of sp³-hybridized carbons (Fsp3) is 0.368. The summed E-state index contributed by atoms with van der Waals surface area (Å²) >= 11 is 0. The zero-order valence-electron chi connectivity index (χ0n) is 12.9. The molecule has 1 N–H and O–H groups in total. The van der Waals surface area contributed by atoms with Crippen LogP contribution < -0.4 is 0 Å². The van der Waals surface area contributed by atoms with E-state index in [2.05, 4.69) is 17.1 Å². The third-order valence-corrected chi connectivity index (χ3v) is 4.73. The molecule has 4 nitrogen and oxygen atoms in total. The van der Waals surface area contributed by atoms with Gasteiger partial charge >= 0.3 is 0 Å². The summed E-state index contributed by atoms with van der Waals surface area (Å²) in [4.78, 5) is 16.5. The molecule has 1 atom stereocenters. The van der Waals surface area contributed by atoms with Gasteiger partial charge in [0.15, 0.2) is 5.78 Å². The highest BCUT2D eigenvalue weighted by Crippen LogP contribution is 2.32. The molecule has 1 unspecified atom stereocenters. The Bertz CT molecular complexity index is 769. The van der Waals surface area contributed by atoms with Gasteiger partial charge in [0.25, 0.3) is 0 Å². The number of ketones is 1. The van der Waals surface area contributed by atoms with Gasteiger partial charge in [-0.15, -0.1) is 0 Å². The van der Waals surface area contributed by atoms with Crippen LogP contribution in [0.25, 0.3) is 11.1 Å². The van der Waals surface area contributed by atoms with Crippen molar-refractivity contribution >= 4 is 5.78 Å². The van der Waals surface area contributed by atoms with Gasteiger partial charge in [0.2, 0.25) is 0 Å². The summed E-state index contributed by atoms with van der Waals surface area (Å²) in [5, 5.41) is 9.89. The number of hydrogen-bond acceptors (Lipinski definition) is 4. The SMILES string of the molecule is O=C1CCCc2ccc(-c3cncc4c3COCC(O)C4)cc21. The van der Waals surface area contributed by atoms with Crippen LogP contribution >= 0.6 is 0 Å². The van der Waals surface area contributed by atoms with Gasteiger partial charge in [-0.3, -0.25) is 9.78 Å². The summed E-state index contributed by atoms with van der Waals surface area (Å²) in [7, 11) is 0. The number of benzene rings is 1. The van der Waals surface area contributed by atoms with Gasteiger partial charge in [0.05, 0.1) is 19.3 Å². The maximum atomic E-state index is 12.2. The molecule has 23 heavy (non-hydrogen) atoms. The third kappa shape index (κ3) is 2.69. The topological polar surface area (TPSA) is 59.4 Å².